The van der Waals surface area contributed by atoms with Gasteiger partial charge in [-0.25, -0.2) is 0 Å². The van der Waals surface area contributed by atoms with E-state index >= 15 is 0 Å². The molecule has 0 amide bonds. The Morgan fingerprint density at radius 1 is 1.33 bits per heavy atom. The maximum Gasteiger partial charge on any atom is 0.177 e. The predicted octanol–water partition coefficient (Wildman–Crippen LogP) is 3.03. The Hall–Kier alpha value is -0.740. The molecule has 2 aromatic rings. The molecule has 0 unspecified atom stereocenters. The number of hydrogen-bond acceptors (Lipinski definition) is 3. The summed E-state index contributed by atoms with van der Waals surface area (Å²) in [4.78, 5) is 0.473. The summed E-state index contributed by atoms with van der Waals surface area (Å²) in [7, 11) is 0. The fourth-order valence-electron chi connectivity index (χ4n) is 1.03. The molecule has 4 heteroatoms. The van der Waals surface area contributed by atoms with Gasteiger partial charge in [-0.1, -0.05) is 0 Å². The third-order valence-electron chi connectivity index (χ3n) is 1.58. The Balaban J connectivity index is 2.83. The van der Waals surface area contributed by atoms with Crippen molar-refractivity contribution in [3.8, 4) is 5.75 Å². The van der Waals surface area contributed by atoms with Crippen LogP contribution in [0.1, 0.15) is 0 Å². The summed E-state index contributed by atoms with van der Waals surface area (Å²) >= 11 is 5.03. The lowest BCUT2D eigenvalue weighted by Gasteiger charge is -1.95. The maximum absolute atomic E-state index is 12.7. The molecule has 1 nitrogen and oxygen atoms in total. The summed E-state index contributed by atoms with van der Waals surface area (Å²) in [6.07, 6.45) is 0. The molecular weight excluding hydrogens is 195 g/mol. The maximum atomic E-state index is 12.7. The van der Waals surface area contributed by atoms with Gasteiger partial charge in [-0.2, -0.15) is 4.39 Å². The molecule has 0 saturated carbocycles. The van der Waals surface area contributed by atoms with Gasteiger partial charge < -0.3 is 5.11 Å². The van der Waals surface area contributed by atoms with Crippen LogP contribution in [0.5, 0.6) is 5.75 Å². The van der Waals surface area contributed by atoms with Crippen molar-refractivity contribution >= 4 is 34.1 Å². The molecule has 0 aliphatic carbocycles. The molecule has 0 saturated heterocycles. The molecule has 1 aromatic carbocycles. The Kier molecular flexibility index (Phi) is 1.73. The normalized spacial score (nSPS) is 10.8. The van der Waals surface area contributed by atoms with E-state index in [-0.39, 0.29) is 10.9 Å². The second kappa shape index (κ2) is 2.64. The van der Waals surface area contributed by atoms with E-state index in [1.54, 1.807) is 6.07 Å². The lowest BCUT2D eigenvalue weighted by molar-refractivity contribution is 0.464. The van der Waals surface area contributed by atoms with Gasteiger partial charge in [0.05, 0.1) is 0 Å². The summed E-state index contributed by atoms with van der Waals surface area (Å²) in [5, 5.41) is 9.77. The minimum absolute atomic E-state index is 0.0904. The van der Waals surface area contributed by atoms with Gasteiger partial charge in [-0.05, 0) is 23.6 Å². The standard InChI is InChI=1S/C8H5FOS2/c9-8-2-4-1-6(11)5(10)3-7(4)12-8/h1-3,10-11H. The second-order valence-corrected chi connectivity index (χ2v) is 3.95. The highest BCUT2D eigenvalue weighted by Crippen LogP contribution is 2.32. The van der Waals surface area contributed by atoms with Crippen molar-refractivity contribution in [2.24, 2.45) is 0 Å². The van der Waals surface area contributed by atoms with E-state index in [0.717, 1.165) is 21.4 Å². The molecule has 62 valence electrons. The van der Waals surface area contributed by atoms with E-state index in [9.17, 15) is 9.50 Å². The Morgan fingerprint density at radius 3 is 2.83 bits per heavy atom. The SMILES string of the molecule is Oc1cc2sc(F)cc2cc1S. The first kappa shape index (κ1) is 7.89. The number of phenolic OH excluding ortho intramolecular Hbond substituents is 1. The summed E-state index contributed by atoms with van der Waals surface area (Å²) in [5.74, 6) is 0.0904. The summed E-state index contributed by atoms with van der Waals surface area (Å²) in [6, 6.07) is 4.60. The van der Waals surface area contributed by atoms with E-state index in [2.05, 4.69) is 12.6 Å². The van der Waals surface area contributed by atoms with Crippen LogP contribution >= 0.6 is 24.0 Å². The molecule has 0 aliphatic rings. The lowest BCUT2D eigenvalue weighted by Crippen LogP contribution is -1.68. The Morgan fingerprint density at radius 2 is 2.08 bits per heavy atom. The molecule has 0 spiro atoms. The summed E-state index contributed by atoms with van der Waals surface area (Å²) < 4.78 is 13.4. The molecule has 0 atom stereocenters. The molecule has 1 N–H and O–H groups in total. The largest absolute Gasteiger partial charge is 0.507 e. The number of thiol groups is 1. The van der Waals surface area contributed by atoms with E-state index in [4.69, 9.17) is 0 Å². The fourth-order valence-corrected chi connectivity index (χ4v) is 2.04. The third kappa shape index (κ3) is 1.17. The first-order valence-corrected chi connectivity index (χ1v) is 4.54. The zero-order valence-corrected chi connectivity index (χ0v) is 7.62. The van der Waals surface area contributed by atoms with Gasteiger partial charge >= 0.3 is 0 Å². The molecule has 0 bridgehead atoms. The number of aromatic hydroxyl groups is 1. The van der Waals surface area contributed by atoms with Crippen LogP contribution in [0.4, 0.5) is 4.39 Å². The van der Waals surface area contributed by atoms with Crippen molar-refractivity contribution < 1.29 is 9.50 Å². The summed E-state index contributed by atoms with van der Waals surface area (Å²) in [6.45, 7) is 0. The van der Waals surface area contributed by atoms with Gasteiger partial charge in [0.15, 0.2) is 5.13 Å². The number of rotatable bonds is 0. The topological polar surface area (TPSA) is 20.2 Å². The van der Waals surface area contributed by atoms with Crippen LogP contribution in [-0.4, -0.2) is 5.11 Å². The number of fused-ring (bicyclic) bond motifs is 1. The van der Waals surface area contributed by atoms with Crippen LogP contribution in [0.25, 0.3) is 10.1 Å². The number of halogens is 1. The molecular formula is C8H5FOS2. The Labute approximate surface area is 77.9 Å². The summed E-state index contributed by atoms with van der Waals surface area (Å²) in [5.41, 5.74) is 0. The highest BCUT2D eigenvalue weighted by Gasteiger charge is 2.04. The van der Waals surface area contributed by atoms with Crippen molar-refractivity contribution in [2.75, 3.05) is 0 Å². The van der Waals surface area contributed by atoms with Crippen LogP contribution in [0.2, 0.25) is 0 Å². The first-order valence-electron chi connectivity index (χ1n) is 3.28. The monoisotopic (exact) mass is 200 g/mol. The van der Waals surface area contributed by atoms with E-state index in [1.807, 2.05) is 0 Å². The average Bonchev–Trinajstić information content (AvgIpc) is 2.30. The van der Waals surface area contributed by atoms with Crippen LogP contribution in [0, 0.1) is 5.13 Å². The number of benzene rings is 1. The second-order valence-electron chi connectivity index (χ2n) is 2.43. The van der Waals surface area contributed by atoms with Crippen LogP contribution in [-0.2, 0) is 0 Å². The molecule has 0 fully saturated rings. The fraction of sp³-hybridized carbons (Fsp3) is 0. The van der Waals surface area contributed by atoms with E-state index in [0.29, 0.717) is 4.90 Å². The minimum Gasteiger partial charge on any atom is -0.507 e. The van der Waals surface area contributed by atoms with Gasteiger partial charge in [0.2, 0.25) is 0 Å². The third-order valence-corrected chi connectivity index (χ3v) is 2.83. The van der Waals surface area contributed by atoms with E-state index < -0.39 is 0 Å². The van der Waals surface area contributed by atoms with Crippen molar-refractivity contribution in [1.29, 1.82) is 0 Å². The van der Waals surface area contributed by atoms with Crippen molar-refractivity contribution in [3.63, 3.8) is 0 Å². The zero-order chi connectivity index (χ0) is 8.72. The molecule has 1 heterocycles. The van der Waals surface area contributed by atoms with Crippen molar-refractivity contribution in [2.45, 2.75) is 4.90 Å². The molecule has 1 aromatic heterocycles. The number of phenols is 1. The molecule has 2 rings (SSSR count). The smallest absolute Gasteiger partial charge is 0.177 e. The highest BCUT2D eigenvalue weighted by atomic mass is 32.1. The molecule has 12 heavy (non-hydrogen) atoms. The Bertz CT molecular complexity index is 397. The molecule has 0 radical (unpaired) electrons. The van der Waals surface area contributed by atoms with Gasteiger partial charge in [0.25, 0.3) is 0 Å². The first-order chi connectivity index (χ1) is 5.66. The van der Waals surface area contributed by atoms with Crippen molar-refractivity contribution in [1.82, 2.24) is 0 Å². The zero-order valence-electron chi connectivity index (χ0n) is 5.91. The minimum atomic E-state index is -0.247. The predicted molar refractivity (Wildman–Crippen MR) is 50.7 cm³/mol. The van der Waals surface area contributed by atoms with Gasteiger partial charge in [-0.15, -0.1) is 24.0 Å². The van der Waals surface area contributed by atoms with Gasteiger partial charge in [0.1, 0.15) is 5.75 Å². The van der Waals surface area contributed by atoms with Crippen LogP contribution < -0.4 is 0 Å². The van der Waals surface area contributed by atoms with Crippen LogP contribution in [0.15, 0.2) is 23.1 Å². The number of hydrogen-bond donors (Lipinski definition) is 2. The number of thiophene rings is 1. The highest BCUT2D eigenvalue weighted by molar-refractivity contribution is 7.80. The lowest BCUT2D eigenvalue weighted by atomic mass is 10.2. The quantitative estimate of drug-likeness (QED) is 0.626. The van der Waals surface area contributed by atoms with Crippen molar-refractivity contribution in [3.05, 3.63) is 23.3 Å². The van der Waals surface area contributed by atoms with Gasteiger partial charge in [0, 0.05) is 9.60 Å². The van der Waals surface area contributed by atoms with Crippen LogP contribution in [0.3, 0.4) is 0 Å². The van der Waals surface area contributed by atoms with Gasteiger partial charge in [-0.3, -0.25) is 0 Å². The molecule has 0 aliphatic heterocycles. The van der Waals surface area contributed by atoms with E-state index in [1.165, 1.54) is 12.1 Å². The average molecular weight is 200 g/mol.